The summed E-state index contributed by atoms with van der Waals surface area (Å²) in [5, 5.41) is 0. The van der Waals surface area contributed by atoms with Crippen molar-refractivity contribution in [3.8, 4) is 0 Å². The van der Waals surface area contributed by atoms with Gasteiger partial charge in [-0.2, -0.15) is 0 Å². The largest absolute Gasteiger partial charge is 0.330 e. The average molecular weight is 211 g/mol. The maximum Gasteiger partial charge on any atom is 0.0229 e. The second kappa shape index (κ2) is 4.40. The van der Waals surface area contributed by atoms with Crippen LogP contribution in [0.25, 0.3) is 0 Å². The molecule has 1 aliphatic carbocycles. The van der Waals surface area contributed by atoms with E-state index in [0.29, 0.717) is 5.41 Å². The van der Waals surface area contributed by atoms with Crippen molar-refractivity contribution in [3.05, 3.63) is 0 Å². The summed E-state index contributed by atoms with van der Waals surface area (Å²) in [6.07, 6.45) is 5.39. The quantitative estimate of drug-likeness (QED) is 0.728. The van der Waals surface area contributed by atoms with Crippen molar-refractivity contribution in [1.29, 1.82) is 0 Å². The molecule has 88 valence electrons. The number of hydrogen-bond donors (Lipinski definition) is 1. The molecule has 1 unspecified atom stereocenters. The molecule has 1 saturated heterocycles. The van der Waals surface area contributed by atoms with Gasteiger partial charge in [0.25, 0.3) is 0 Å². The van der Waals surface area contributed by atoms with Gasteiger partial charge in [0.15, 0.2) is 0 Å². The van der Waals surface area contributed by atoms with Crippen molar-refractivity contribution in [1.82, 2.24) is 9.80 Å². The smallest absolute Gasteiger partial charge is 0.0229 e. The first-order chi connectivity index (χ1) is 7.15. The first kappa shape index (κ1) is 11.4. The van der Waals surface area contributed by atoms with Crippen molar-refractivity contribution in [2.45, 2.75) is 31.7 Å². The summed E-state index contributed by atoms with van der Waals surface area (Å²) in [6.45, 7) is 4.72. The number of hydrogen-bond acceptors (Lipinski definition) is 3. The van der Waals surface area contributed by atoms with Gasteiger partial charge in [0.2, 0.25) is 0 Å². The van der Waals surface area contributed by atoms with E-state index in [2.05, 4.69) is 23.9 Å². The minimum atomic E-state index is 0.621. The third kappa shape index (κ3) is 2.71. The van der Waals surface area contributed by atoms with Crippen LogP contribution in [0, 0.1) is 5.41 Å². The van der Waals surface area contributed by atoms with Gasteiger partial charge in [0, 0.05) is 19.1 Å². The number of nitrogens with zero attached hydrogens (tertiary/aromatic N) is 2. The number of nitrogens with two attached hydrogens (primary N) is 1. The summed E-state index contributed by atoms with van der Waals surface area (Å²) in [6, 6.07) is 0.777. The minimum Gasteiger partial charge on any atom is -0.330 e. The third-order valence-electron chi connectivity index (χ3n) is 4.17. The number of rotatable bonds is 5. The van der Waals surface area contributed by atoms with Gasteiger partial charge in [-0.3, -0.25) is 0 Å². The van der Waals surface area contributed by atoms with Gasteiger partial charge in [0.1, 0.15) is 0 Å². The van der Waals surface area contributed by atoms with E-state index in [1.165, 1.54) is 45.3 Å². The highest BCUT2D eigenvalue weighted by Crippen LogP contribution is 2.49. The third-order valence-corrected chi connectivity index (χ3v) is 4.17. The molecule has 15 heavy (non-hydrogen) atoms. The molecule has 3 nitrogen and oxygen atoms in total. The van der Waals surface area contributed by atoms with Gasteiger partial charge in [-0.1, -0.05) is 0 Å². The lowest BCUT2D eigenvalue weighted by Gasteiger charge is -2.24. The van der Waals surface area contributed by atoms with Crippen LogP contribution >= 0.6 is 0 Å². The molecule has 2 rings (SSSR count). The second-order valence-electron chi connectivity index (χ2n) is 5.68. The summed E-state index contributed by atoms with van der Waals surface area (Å²) >= 11 is 0. The van der Waals surface area contributed by atoms with E-state index in [1.54, 1.807) is 0 Å². The van der Waals surface area contributed by atoms with Gasteiger partial charge in [-0.15, -0.1) is 0 Å². The van der Waals surface area contributed by atoms with Crippen LogP contribution < -0.4 is 5.73 Å². The molecule has 0 radical (unpaired) electrons. The molecule has 3 heteroatoms. The second-order valence-corrected chi connectivity index (χ2v) is 5.68. The fourth-order valence-electron chi connectivity index (χ4n) is 2.82. The number of likely N-dealkylation sites (tertiary alicyclic amines) is 1. The molecule has 0 aromatic heterocycles. The Bertz CT molecular complexity index is 211. The van der Waals surface area contributed by atoms with Gasteiger partial charge in [-0.05, 0) is 58.3 Å². The normalized spacial score (nSPS) is 30.0. The zero-order valence-corrected chi connectivity index (χ0v) is 10.2. The van der Waals surface area contributed by atoms with Gasteiger partial charge in [-0.25, -0.2) is 0 Å². The first-order valence-corrected chi connectivity index (χ1v) is 6.24. The molecule has 1 heterocycles. The monoisotopic (exact) mass is 211 g/mol. The van der Waals surface area contributed by atoms with Crippen LogP contribution in [0.1, 0.15) is 25.7 Å². The Balaban J connectivity index is 1.77. The first-order valence-electron chi connectivity index (χ1n) is 6.24. The van der Waals surface area contributed by atoms with Crippen LogP contribution in [0.2, 0.25) is 0 Å². The molecule has 0 bridgehead atoms. The molecular formula is C12H25N3. The lowest BCUT2D eigenvalue weighted by molar-refractivity contribution is 0.228. The highest BCUT2D eigenvalue weighted by Gasteiger charge is 2.43. The molecule has 1 atom stereocenters. The van der Waals surface area contributed by atoms with E-state index >= 15 is 0 Å². The van der Waals surface area contributed by atoms with Crippen molar-refractivity contribution in [2.75, 3.05) is 40.3 Å². The van der Waals surface area contributed by atoms with Crippen LogP contribution in [0.5, 0.6) is 0 Å². The van der Waals surface area contributed by atoms with Crippen LogP contribution in [0.4, 0.5) is 0 Å². The Morgan fingerprint density at radius 3 is 2.60 bits per heavy atom. The fourth-order valence-corrected chi connectivity index (χ4v) is 2.82. The van der Waals surface area contributed by atoms with Crippen molar-refractivity contribution in [2.24, 2.45) is 11.1 Å². The summed E-state index contributed by atoms with van der Waals surface area (Å²) < 4.78 is 0. The van der Waals surface area contributed by atoms with Gasteiger partial charge >= 0.3 is 0 Å². The SMILES string of the molecule is CN(C)C1CCN(CC2(CCN)CC2)C1. The molecule has 0 aromatic rings. The molecule has 2 aliphatic rings. The van der Waals surface area contributed by atoms with E-state index < -0.39 is 0 Å². The van der Waals surface area contributed by atoms with Crippen molar-refractivity contribution >= 4 is 0 Å². The zero-order valence-electron chi connectivity index (χ0n) is 10.2. The Morgan fingerprint density at radius 2 is 2.13 bits per heavy atom. The average Bonchev–Trinajstić information content (AvgIpc) is 2.77. The summed E-state index contributed by atoms with van der Waals surface area (Å²) in [7, 11) is 4.39. The Labute approximate surface area is 93.6 Å². The van der Waals surface area contributed by atoms with Gasteiger partial charge in [0.05, 0.1) is 0 Å². The Kier molecular flexibility index (Phi) is 3.33. The fraction of sp³-hybridized carbons (Fsp3) is 1.00. The lowest BCUT2D eigenvalue weighted by Crippen LogP contribution is -2.34. The Morgan fingerprint density at radius 1 is 1.40 bits per heavy atom. The standard InChI is InChI=1S/C12H25N3/c1-14(2)11-3-8-15(9-11)10-12(4-5-12)6-7-13/h11H,3-10,13H2,1-2H3. The molecule has 2 fully saturated rings. The van der Waals surface area contributed by atoms with E-state index in [9.17, 15) is 0 Å². The minimum absolute atomic E-state index is 0.621. The highest BCUT2D eigenvalue weighted by atomic mass is 15.2. The van der Waals surface area contributed by atoms with Crippen LogP contribution in [0.15, 0.2) is 0 Å². The van der Waals surface area contributed by atoms with Crippen LogP contribution in [-0.4, -0.2) is 56.1 Å². The van der Waals surface area contributed by atoms with Crippen molar-refractivity contribution < 1.29 is 0 Å². The van der Waals surface area contributed by atoms with Crippen LogP contribution in [0.3, 0.4) is 0 Å². The molecule has 2 N–H and O–H groups in total. The highest BCUT2D eigenvalue weighted by molar-refractivity contribution is 4.97. The molecule has 1 aliphatic heterocycles. The molecule has 0 aromatic carbocycles. The van der Waals surface area contributed by atoms with E-state index in [-0.39, 0.29) is 0 Å². The summed E-state index contributed by atoms with van der Waals surface area (Å²) in [5.41, 5.74) is 6.30. The summed E-state index contributed by atoms with van der Waals surface area (Å²) in [4.78, 5) is 5.01. The van der Waals surface area contributed by atoms with E-state index in [4.69, 9.17) is 5.73 Å². The Hall–Kier alpha value is -0.120. The van der Waals surface area contributed by atoms with Gasteiger partial charge < -0.3 is 15.5 Å². The maximum atomic E-state index is 5.68. The number of likely N-dealkylation sites (N-methyl/N-ethyl adjacent to an activating group) is 1. The maximum absolute atomic E-state index is 5.68. The molecule has 0 amide bonds. The molecule has 0 spiro atoms. The predicted octanol–water partition coefficient (Wildman–Crippen LogP) is 0.751. The van der Waals surface area contributed by atoms with E-state index in [1.807, 2.05) is 0 Å². The van der Waals surface area contributed by atoms with Crippen molar-refractivity contribution in [3.63, 3.8) is 0 Å². The van der Waals surface area contributed by atoms with Crippen LogP contribution in [-0.2, 0) is 0 Å². The zero-order chi connectivity index (χ0) is 10.9. The molecular weight excluding hydrogens is 186 g/mol. The van der Waals surface area contributed by atoms with E-state index in [0.717, 1.165) is 12.6 Å². The summed E-state index contributed by atoms with van der Waals surface area (Å²) in [5.74, 6) is 0. The topological polar surface area (TPSA) is 32.5 Å². The lowest BCUT2D eigenvalue weighted by atomic mass is 10.0. The predicted molar refractivity (Wildman–Crippen MR) is 63.9 cm³/mol. The molecule has 1 saturated carbocycles.